The quantitative estimate of drug-likeness (QED) is 0.364. The van der Waals surface area contributed by atoms with Crippen molar-refractivity contribution in [3.8, 4) is 17.6 Å². The molecule has 4 nitrogen and oxygen atoms in total. The molecule has 2 aromatic rings. The SMILES string of the molecule is COc1cc(/C=C(\C#N)C(=O)c2ccccc2)cc(I)c1O. The Hall–Kier alpha value is -2.33. The molecule has 0 heterocycles. The van der Waals surface area contributed by atoms with Crippen molar-refractivity contribution in [2.75, 3.05) is 7.11 Å². The van der Waals surface area contributed by atoms with Gasteiger partial charge in [-0.1, -0.05) is 30.3 Å². The number of allylic oxidation sites excluding steroid dienone is 1. The van der Waals surface area contributed by atoms with E-state index < -0.39 is 0 Å². The molecule has 0 radical (unpaired) electrons. The fourth-order valence-electron chi connectivity index (χ4n) is 1.89. The van der Waals surface area contributed by atoms with Crippen LogP contribution in [0.25, 0.3) is 6.08 Å². The number of ketones is 1. The number of benzene rings is 2. The number of aromatic hydroxyl groups is 1. The molecule has 0 saturated carbocycles. The first kappa shape index (κ1) is 16.0. The second kappa shape index (κ2) is 7.09. The van der Waals surface area contributed by atoms with Crippen LogP contribution < -0.4 is 4.74 Å². The Bertz CT molecular complexity index is 776. The van der Waals surface area contributed by atoms with Gasteiger partial charge in [-0.2, -0.15) is 5.26 Å². The van der Waals surface area contributed by atoms with Gasteiger partial charge in [-0.15, -0.1) is 0 Å². The van der Waals surface area contributed by atoms with Crippen LogP contribution in [0.15, 0.2) is 48.0 Å². The third kappa shape index (κ3) is 3.46. The lowest BCUT2D eigenvalue weighted by Crippen LogP contribution is -2.01. The maximum absolute atomic E-state index is 12.3. The molecule has 2 aromatic carbocycles. The van der Waals surface area contributed by atoms with Gasteiger partial charge in [0.1, 0.15) is 11.6 Å². The van der Waals surface area contributed by atoms with Gasteiger partial charge < -0.3 is 9.84 Å². The highest BCUT2D eigenvalue weighted by Gasteiger charge is 2.13. The molecule has 0 fully saturated rings. The lowest BCUT2D eigenvalue weighted by Gasteiger charge is -2.07. The summed E-state index contributed by atoms with van der Waals surface area (Å²) in [5.74, 6) is -0.0131. The lowest BCUT2D eigenvalue weighted by molar-refractivity contribution is 0.104. The summed E-state index contributed by atoms with van der Waals surface area (Å²) in [6.45, 7) is 0. The Morgan fingerprint density at radius 1 is 1.32 bits per heavy atom. The van der Waals surface area contributed by atoms with Gasteiger partial charge in [-0.25, -0.2) is 0 Å². The molecule has 0 aliphatic carbocycles. The minimum Gasteiger partial charge on any atom is -0.504 e. The molecule has 0 aromatic heterocycles. The van der Waals surface area contributed by atoms with E-state index >= 15 is 0 Å². The summed E-state index contributed by atoms with van der Waals surface area (Å²) in [5.41, 5.74) is 1.09. The summed E-state index contributed by atoms with van der Waals surface area (Å²) in [6, 6.07) is 13.8. The molecule has 0 bridgehead atoms. The van der Waals surface area contributed by atoms with Crippen LogP contribution in [0.3, 0.4) is 0 Å². The van der Waals surface area contributed by atoms with Crippen molar-refractivity contribution in [2.24, 2.45) is 0 Å². The Kier molecular flexibility index (Phi) is 5.17. The molecule has 0 spiro atoms. The van der Waals surface area contributed by atoms with Crippen LogP contribution in [0.5, 0.6) is 11.5 Å². The number of carbonyl (C=O) groups is 1. The molecule has 0 aliphatic rings. The third-order valence-electron chi connectivity index (χ3n) is 2.98. The fourth-order valence-corrected chi connectivity index (χ4v) is 2.52. The zero-order valence-corrected chi connectivity index (χ0v) is 13.9. The van der Waals surface area contributed by atoms with Crippen LogP contribution in [0.1, 0.15) is 15.9 Å². The number of hydrogen-bond donors (Lipinski definition) is 1. The number of phenols is 1. The monoisotopic (exact) mass is 405 g/mol. The number of carbonyl (C=O) groups excluding carboxylic acids is 1. The van der Waals surface area contributed by atoms with Crippen molar-refractivity contribution in [1.82, 2.24) is 0 Å². The van der Waals surface area contributed by atoms with E-state index in [9.17, 15) is 15.2 Å². The van der Waals surface area contributed by atoms with E-state index in [2.05, 4.69) is 0 Å². The largest absolute Gasteiger partial charge is 0.504 e. The molecule has 5 heteroatoms. The first-order valence-corrected chi connectivity index (χ1v) is 7.42. The Labute approximate surface area is 141 Å². The van der Waals surface area contributed by atoms with E-state index in [-0.39, 0.29) is 17.1 Å². The van der Waals surface area contributed by atoms with Crippen LogP contribution in [-0.4, -0.2) is 18.0 Å². The number of nitriles is 1. The molecular weight excluding hydrogens is 393 g/mol. The average molecular weight is 405 g/mol. The number of Topliss-reactive ketones (excluding diaryl/α,β-unsaturated/α-hetero) is 1. The summed E-state index contributed by atoms with van der Waals surface area (Å²) in [5, 5.41) is 19.1. The normalized spacial score (nSPS) is 10.9. The zero-order chi connectivity index (χ0) is 16.1. The predicted molar refractivity (Wildman–Crippen MR) is 91.7 cm³/mol. The molecule has 0 unspecified atom stereocenters. The lowest BCUT2D eigenvalue weighted by atomic mass is 10.0. The molecule has 0 saturated heterocycles. The highest BCUT2D eigenvalue weighted by atomic mass is 127. The predicted octanol–water partition coefficient (Wildman–Crippen LogP) is 3.80. The molecule has 22 heavy (non-hydrogen) atoms. The van der Waals surface area contributed by atoms with Gasteiger partial charge >= 0.3 is 0 Å². The summed E-state index contributed by atoms with van der Waals surface area (Å²) < 4.78 is 5.65. The molecule has 110 valence electrons. The maximum atomic E-state index is 12.3. The van der Waals surface area contributed by atoms with Crippen molar-refractivity contribution in [2.45, 2.75) is 0 Å². The standard InChI is InChI=1S/C17H12INO3/c1-22-15-9-11(8-14(18)17(15)21)7-13(10-19)16(20)12-5-3-2-4-6-12/h2-9,21H,1H3/b13-7+. The van der Waals surface area contributed by atoms with Gasteiger partial charge in [0, 0.05) is 5.56 Å². The van der Waals surface area contributed by atoms with Crippen molar-refractivity contribution < 1.29 is 14.6 Å². The van der Waals surface area contributed by atoms with Crippen LogP contribution in [0, 0.1) is 14.9 Å². The summed E-state index contributed by atoms with van der Waals surface area (Å²) in [7, 11) is 1.44. The second-order valence-corrected chi connectivity index (χ2v) is 5.58. The van der Waals surface area contributed by atoms with E-state index in [0.717, 1.165) is 0 Å². The highest BCUT2D eigenvalue weighted by Crippen LogP contribution is 2.33. The van der Waals surface area contributed by atoms with Crippen LogP contribution in [0.4, 0.5) is 0 Å². The van der Waals surface area contributed by atoms with Crippen molar-refractivity contribution in [3.63, 3.8) is 0 Å². The van der Waals surface area contributed by atoms with E-state index in [1.165, 1.54) is 13.2 Å². The number of rotatable bonds is 4. The summed E-state index contributed by atoms with van der Waals surface area (Å²) in [4.78, 5) is 12.3. The smallest absolute Gasteiger partial charge is 0.203 e. The Morgan fingerprint density at radius 3 is 2.59 bits per heavy atom. The number of phenolic OH excluding ortho intramolecular Hbond substituents is 1. The number of ether oxygens (including phenoxy) is 1. The molecule has 0 atom stereocenters. The topological polar surface area (TPSA) is 70.3 Å². The van der Waals surface area contributed by atoms with Crippen molar-refractivity contribution in [3.05, 3.63) is 62.7 Å². The molecule has 1 N–H and O–H groups in total. The first-order valence-electron chi connectivity index (χ1n) is 6.35. The number of halogens is 1. The molecule has 0 amide bonds. The molecule has 2 rings (SSSR count). The first-order chi connectivity index (χ1) is 10.6. The van der Waals surface area contributed by atoms with Gasteiger partial charge in [0.05, 0.1) is 10.7 Å². The maximum Gasteiger partial charge on any atom is 0.203 e. The average Bonchev–Trinajstić information content (AvgIpc) is 2.55. The van der Waals surface area contributed by atoms with Gasteiger partial charge in [0.15, 0.2) is 11.5 Å². The Balaban J connectivity index is 2.44. The van der Waals surface area contributed by atoms with E-state index in [1.54, 1.807) is 42.5 Å². The highest BCUT2D eigenvalue weighted by molar-refractivity contribution is 14.1. The van der Waals surface area contributed by atoms with E-state index in [0.29, 0.717) is 20.4 Å². The number of methoxy groups -OCH3 is 1. The van der Waals surface area contributed by atoms with Gasteiger partial charge in [-0.3, -0.25) is 4.79 Å². The fraction of sp³-hybridized carbons (Fsp3) is 0.0588. The van der Waals surface area contributed by atoms with Gasteiger partial charge in [-0.05, 0) is 46.4 Å². The van der Waals surface area contributed by atoms with Crippen LogP contribution >= 0.6 is 22.6 Å². The van der Waals surface area contributed by atoms with Crippen molar-refractivity contribution in [1.29, 1.82) is 5.26 Å². The van der Waals surface area contributed by atoms with Crippen LogP contribution in [0.2, 0.25) is 0 Å². The minimum absolute atomic E-state index is 0.0229. The number of hydrogen-bond acceptors (Lipinski definition) is 4. The molecule has 0 aliphatic heterocycles. The summed E-state index contributed by atoms with van der Waals surface area (Å²) in [6.07, 6.45) is 1.49. The van der Waals surface area contributed by atoms with Crippen molar-refractivity contribution >= 4 is 34.5 Å². The molecular formula is C17H12INO3. The third-order valence-corrected chi connectivity index (χ3v) is 3.81. The minimum atomic E-state index is -0.342. The van der Waals surface area contributed by atoms with Gasteiger partial charge in [0.25, 0.3) is 0 Å². The van der Waals surface area contributed by atoms with E-state index in [1.807, 2.05) is 28.7 Å². The Morgan fingerprint density at radius 2 is 2.00 bits per heavy atom. The number of nitrogens with zero attached hydrogens (tertiary/aromatic N) is 1. The second-order valence-electron chi connectivity index (χ2n) is 4.42. The van der Waals surface area contributed by atoms with E-state index in [4.69, 9.17) is 4.74 Å². The zero-order valence-electron chi connectivity index (χ0n) is 11.7. The summed E-state index contributed by atoms with van der Waals surface area (Å²) >= 11 is 1.96. The van der Waals surface area contributed by atoms with Gasteiger partial charge in [0.2, 0.25) is 5.78 Å². The van der Waals surface area contributed by atoms with Crippen LogP contribution in [-0.2, 0) is 0 Å².